The summed E-state index contributed by atoms with van der Waals surface area (Å²) in [6.45, 7) is 9.26. The van der Waals surface area contributed by atoms with Crippen LogP contribution in [0.5, 0.6) is 17.2 Å². The van der Waals surface area contributed by atoms with Crippen molar-refractivity contribution in [3.63, 3.8) is 0 Å². The Bertz CT molecular complexity index is 1460. The molecule has 0 radical (unpaired) electrons. The van der Waals surface area contributed by atoms with Crippen LogP contribution in [0.1, 0.15) is 75.1 Å². The molecule has 0 saturated carbocycles. The molecule has 206 valence electrons. The zero-order chi connectivity index (χ0) is 28.7. The second-order valence-corrected chi connectivity index (χ2v) is 10.9. The van der Waals surface area contributed by atoms with Gasteiger partial charge in [0, 0.05) is 17.7 Å². The van der Waals surface area contributed by atoms with Gasteiger partial charge in [-0.05, 0) is 52.8 Å². The van der Waals surface area contributed by atoms with Gasteiger partial charge in [0.05, 0.1) is 12.5 Å². The lowest BCUT2D eigenvalue weighted by atomic mass is 9.83. The zero-order valence-electron chi connectivity index (χ0n) is 23.6. The fourth-order valence-electron chi connectivity index (χ4n) is 4.58. The highest BCUT2D eigenvalue weighted by Crippen LogP contribution is 2.44. The van der Waals surface area contributed by atoms with Gasteiger partial charge in [0.25, 0.3) is 0 Å². The smallest absolute Gasteiger partial charge is 0.336 e. The second kappa shape index (κ2) is 12.6. The topological polar surface area (TPSA) is 94.6 Å². The molecule has 3 aromatic carbocycles. The van der Waals surface area contributed by atoms with Crippen LogP contribution in [0.2, 0.25) is 0 Å². The maximum atomic E-state index is 12.6. The van der Waals surface area contributed by atoms with Crippen molar-refractivity contribution < 1.29 is 19.0 Å². The Morgan fingerprint density at radius 3 is 2.52 bits per heavy atom. The molecule has 0 spiro atoms. The van der Waals surface area contributed by atoms with Crippen molar-refractivity contribution in [1.82, 2.24) is 0 Å². The van der Waals surface area contributed by atoms with E-state index in [0.717, 1.165) is 41.7 Å². The van der Waals surface area contributed by atoms with Gasteiger partial charge in [-0.2, -0.15) is 5.26 Å². The van der Waals surface area contributed by atoms with Crippen molar-refractivity contribution in [1.29, 1.82) is 5.26 Å². The Hall–Kier alpha value is -4.50. The number of benzene rings is 3. The molecule has 1 unspecified atom stereocenters. The van der Waals surface area contributed by atoms with E-state index in [0.29, 0.717) is 23.7 Å². The summed E-state index contributed by atoms with van der Waals surface area (Å²) in [6, 6.07) is 23.1. The van der Waals surface area contributed by atoms with E-state index in [1.54, 1.807) is 24.3 Å². The van der Waals surface area contributed by atoms with Crippen LogP contribution >= 0.6 is 0 Å². The first-order chi connectivity index (χ1) is 19.2. The van der Waals surface area contributed by atoms with Crippen LogP contribution < -0.4 is 19.9 Å². The first kappa shape index (κ1) is 28.5. The van der Waals surface area contributed by atoms with E-state index in [-0.39, 0.29) is 11.3 Å². The highest BCUT2D eigenvalue weighted by Gasteiger charge is 2.31. The summed E-state index contributed by atoms with van der Waals surface area (Å²) in [7, 11) is 0. The van der Waals surface area contributed by atoms with E-state index in [4.69, 9.17) is 19.9 Å². The van der Waals surface area contributed by atoms with Gasteiger partial charge >= 0.3 is 5.97 Å². The number of ether oxygens (including phenoxy) is 3. The number of nitrogens with two attached hydrogens (primary N) is 1. The molecule has 4 rings (SSSR count). The molecular weight excluding hydrogens is 500 g/mol. The minimum atomic E-state index is -0.513. The Labute approximate surface area is 236 Å². The van der Waals surface area contributed by atoms with Gasteiger partial charge < -0.3 is 19.9 Å². The predicted octanol–water partition coefficient (Wildman–Crippen LogP) is 7.39. The Kier molecular flexibility index (Phi) is 8.96. The third-order valence-electron chi connectivity index (χ3n) is 6.81. The molecule has 0 fully saturated rings. The molecule has 1 atom stereocenters. The van der Waals surface area contributed by atoms with Crippen LogP contribution in [0.15, 0.2) is 84.3 Å². The maximum absolute atomic E-state index is 12.6. The van der Waals surface area contributed by atoms with Crippen LogP contribution in [0.4, 0.5) is 0 Å². The summed E-state index contributed by atoms with van der Waals surface area (Å²) in [5.74, 6) is 0.563. The molecule has 0 saturated heterocycles. The van der Waals surface area contributed by atoms with Gasteiger partial charge in [-0.15, -0.1) is 0 Å². The number of carbonyl (C=O) groups is 1. The van der Waals surface area contributed by atoms with E-state index in [2.05, 4.69) is 45.9 Å². The zero-order valence-corrected chi connectivity index (χ0v) is 23.6. The molecule has 1 aliphatic heterocycles. The monoisotopic (exact) mass is 536 g/mol. The first-order valence-corrected chi connectivity index (χ1v) is 13.6. The lowest BCUT2D eigenvalue weighted by Gasteiger charge is -2.27. The van der Waals surface area contributed by atoms with Crippen LogP contribution in [0.25, 0.3) is 6.08 Å². The molecule has 2 N–H and O–H groups in total. The minimum absolute atomic E-state index is 0.0244. The number of nitriles is 1. The van der Waals surface area contributed by atoms with Crippen molar-refractivity contribution in [2.45, 2.75) is 58.3 Å². The number of allylic oxidation sites excluding steroid dienone is 1. The highest BCUT2D eigenvalue weighted by molar-refractivity contribution is 5.88. The van der Waals surface area contributed by atoms with E-state index < -0.39 is 11.9 Å². The van der Waals surface area contributed by atoms with Gasteiger partial charge in [-0.1, -0.05) is 83.0 Å². The number of esters is 1. The van der Waals surface area contributed by atoms with Gasteiger partial charge in [0.15, 0.2) is 0 Å². The lowest BCUT2D eigenvalue weighted by Crippen LogP contribution is -2.21. The van der Waals surface area contributed by atoms with Gasteiger partial charge in [0.2, 0.25) is 5.88 Å². The molecule has 6 nitrogen and oxygen atoms in total. The molecule has 40 heavy (non-hydrogen) atoms. The molecule has 1 heterocycles. The molecule has 6 heteroatoms. The van der Waals surface area contributed by atoms with Crippen LogP contribution in [-0.2, 0) is 10.2 Å². The van der Waals surface area contributed by atoms with E-state index >= 15 is 0 Å². The Morgan fingerprint density at radius 1 is 1.05 bits per heavy atom. The number of carbonyl (C=O) groups excluding carboxylic acids is 1. The second-order valence-electron chi connectivity index (χ2n) is 10.9. The van der Waals surface area contributed by atoms with Crippen molar-refractivity contribution in [2.75, 3.05) is 6.61 Å². The standard InChI is InChI=1S/C34H36N2O4/c1-5-6-7-19-38-26-10-8-9-24(20-26)32-28-17-16-27(21-30(28)40-33(36)29(32)22-35)39-31(37)18-13-23-11-14-25(15-12-23)34(2,3)4/h8-18,20-21,32H,5-7,19,36H2,1-4H3/b18-13+. The molecule has 0 aromatic heterocycles. The number of nitrogens with zero attached hydrogens (tertiary/aromatic N) is 1. The summed E-state index contributed by atoms with van der Waals surface area (Å²) in [6.07, 6.45) is 6.33. The number of unbranched alkanes of at least 4 members (excludes halogenated alkanes) is 2. The quantitative estimate of drug-likeness (QED) is 0.133. The van der Waals surface area contributed by atoms with E-state index in [1.165, 1.54) is 11.6 Å². The number of fused-ring (bicyclic) bond motifs is 1. The molecule has 0 aliphatic carbocycles. The fraction of sp³-hybridized carbons (Fsp3) is 0.294. The summed E-state index contributed by atoms with van der Waals surface area (Å²) in [5, 5.41) is 9.89. The maximum Gasteiger partial charge on any atom is 0.336 e. The molecule has 0 bridgehead atoms. The Balaban J connectivity index is 1.51. The number of hydrogen-bond donors (Lipinski definition) is 1. The predicted molar refractivity (Wildman–Crippen MR) is 157 cm³/mol. The third kappa shape index (κ3) is 6.92. The average Bonchev–Trinajstić information content (AvgIpc) is 2.93. The normalized spacial score (nSPS) is 14.8. The highest BCUT2D eigenvalue weighted by atomic mass is 16.5. The summed E-state index contributed by atoms with van der Waals surface area (Å²) < 4.78 is 17.3. The van der Waals surface area contributed by atoms with Crippen molar-refractivity contribution in [3.05, 3.63) is 107 Å². The van der Waals surface area contributed by atoms with Crippen LogP contribution in [0.3, 0.4) is 0 Å². The largest absolute Gasteiger partial charge is 0.494 e. The van der Waals surface area contributed by atoms with Crippen molar-refractivity contribution in [2.24, 2.45) is 5.73 Å². The molecule has 1 aliphatic rings. The van der Waals surface area contributed by atoms with Gasteiger partial charge in [-0.3, -0.25) is 0 Å². The summed E-state index contributed by atoms with van der Waals surface area (Å²) in [5.41, 5.74) is 10.3. The minimum Gasteiger partial charge on any atom is -0.494 e. The Morgan fingerprint density at radius 2 is 1.82 bits per heavy atom. The van der Waals surface area contributed by atoms with Crippen LogP contribution in [0, 0.1) is 11.3 Å². The molecule has 3 aromatic rings. The summed E-state index contributed by atoms with van der Waals surface area (Å²) in [4.78, 5) is 12.6. The van der Waals surface area contributed by atoms with Gasteiger partial charge in [-0.25, -0.2) is 4.79 Å². The number of hydrogen-bond acceptors (Lipinski definition) is 6. The summed E-state index contributed by atoms with van der Waals surface area (Å²) >= 11 is 0. The SMILES string of the molecule is CCCCCOc1cccc(C2C(C#N)=C(N)Oc3cc(OC(=O)/C=C/c4ccc(C(C)(C)C)cc4)ccc32)c1. The molecular formula is C34H36N2O4. The van der Waals surface area contributed by atoms with E-state index in [9.17, 15) is 10.1 Å². The fourth-order valence-corrected chi connectivity index (χ4v) is 4.58. The van der Waals surface area contributed by atoms with E-state index in [1.807, 2.05) is 36.4 Å². The molecule has 0 amide bonds. The average molecular weight is 537 g/mol. The van der Waals surface area contributed by atoms with Crippen molar-refractivity contribution in [3.8, 4) is 23.3 Å². The van der Waals surface area contributed by atoms with Gasteiger partial charge in [0.1, 0.15) is 28.9 Å². The lowest BCUT2D eigenvalue weighted by molar-refractivity contribution is -0.128. The third-order valence-corrected chi connectivity index (χ3v) is 6.81. The van der Waals surface area contributed by atoms with Crippen LogP contribution in [-0.4, -0.2) is 12.6 Å². The number of rotatable bonds is 9. The van der Waals surface area contributed by atoms with Crippen molar-refractivity contribution >= 4 is 12.0 Å². The first-order valence-electron chi connectivity index (χ1n) is 13.6.